The van der Waals surface area contributed by atoms with Crippen LogP contribution in [0.1, 0.15) is 18.2 Å². The zero-order valence-electron chi connectivity index (χ0n) is 18.4. The van der Waals surface area contributed by atoms with E-state index in [2.05, 4.69) is 25.3 Å². The van der Waals surface area contributed by atoms with Gasteiger partial charge in [-0.1, -0.05) is 0 Å². The van der Waals surface area contributed by atoms with Gasteiger partial charge in [0.25, 0.3) is 21.4 Å². The number of nitro benzene ring substituents is 2. The third-order valence-electron chi connectivity index (χ3n) is 4.63. The van der Waals surface area contributed by atoms with Gasteiger partial charge < -0.3 is 10.6 Å². The standard InChI is InChI=1S/C20H21N7O6S/c1-4-21-20-22-12(2)9-19(24-20)23-14-5-7-15(8-6-14)25-34(32,33)16-10-17(26(28)29)13(3)18(11-16)27(30)31/h5-11,25H,4H2,1-3H3,(H2,21,22,23,24). The first-order valence-corrected chi connectivity index (χ1v) is 11.4. The van der Waals surface area contributed by atoms with Gasteiger partial charge in [-0.2, -0.15) is 4.98 Å². The van der Waals surface area contributed by atoms with Crippen molar-refractivity contribution in [2.45, 2.75) is 25.7 Å². The molecule has 0 radical (unpaired) electrons. The molecule has 0 aliphatic heterocycles. The molecular weight excluding hydrogens is 466 g/mol. The van der Waals surface area contributed by atoms with Crippen LogP contribution >= 0.6 is 0 Å². The van der Waals surface area contributed by atoms with E-state index >= 15 is 0 Å². The average molecular weight is 487 g/mol. The lowest BCUT2D eigenvalue weighted by atomic mass is 10.1. The first-order valence-electron chi connectivity index (χ1n) is 9.93. The highest BCUT2D eigenvalue weighted by atomic mass is 32.2. The van der Waals surface area contributed by atoms with E-state index in [0.29, 0.717) is 24.0 Å². The number of aromatic nitrogens is 2. The predicted molar refractivity (Wildman–Crippen MR) is 126 cm³/mol. The maximum Gasteiger partial charge on any atom is 0.280 e. The molecule has 0 fully saturated rings. The number of anilines is 4. The molecule has 1 aromatic heterocycles. The van der Waals surface area contributed by atoms with E-state index in [4.69, 9.17) is 0 Å². The van der Waals surface area contributed by atoms with Crippen LogP contribution in [0.15, 0.2) is 47.4 Å². The molecule has 1 heterocycles. The lowest BCUT2D eigenvalue weighted by molar-refractivity contribution is -0.395. The van der Waals surface area contributed by atoms with Gasteiger partial charge in [-0.15, -0.1) is 0 Å². The van der Waals surface area contributed by atoms with Gasteiger partial charge in [0.1, 0.15) is 16.3 Å². The molecule has 0 unspecified atom stereocenters. The summed E-state index contributed by atoms with van der Waals surface area (Å²) in [7, 11) is -4.34. The molecule has 0 spiro atoms. The molecule has 0 aliphatic rings. The Balaban J connectivity index is 1.84. The monoisotopic (exact) mass is 487 g/mol. The maximum atomic E-state index is 12.8. The van der Waals surface area contributed by atoms with Crippen molar-refractivity contribution in [3.05, 3.63) is 74.0 Å². The summed E-state index contributed by atoms with van der Waals surface area (Å²) in [6.07, 6.45) is 0. The number of hydrogen-bond donors (Lipinski definition) is 3. The van der Waals surface area contributed by atoms with Gasteiger partial charge in [-0.25, -0.2) is 13.4 Å². The SMILES string of the molecule is CCNc1nc(C)cc(Nc2ccc(NS(=O)(=O)c3cc([N+](=O)[O-])c(C)c([N+](=O)[O-])c3)cc2)n1. The maximum absolute atomic E-state index is 12.8. The Morgan fingerprint density at radius 2 is 1.47 bits per heavy atom. The van der Waals surface area contributed by atoms with Crippen LogP contribution in [0.25, 0.3) is 0 Å². The molecule has 14 heteroatoms. The van der Waals surface area contributed by atoms with Gasteiger partial charge in [-0.3, -0.25) is 25.0 Å². The van der Waals surface area contributed by atoms with Gasteiger partial charge >= 0.3 is 0 Å². The van der Waals surface area contributed by atoms with Crippen LogP contribution in [-0.4, -0.2) is 34.8 Å². The van der Waals surface area contributed by atoms with Crippen LogP contribution in [0.3, 0.4) is 0 Å². The minimum atomic E-state index is -4.34. The first kappa shape index (κ1) is 24.3. The third kappa shape index (κ3) is 5.53. The normalized spacial score (nSPS) is 11.0. The van der Waals surface area contributed by atoms with Crippen LogP contribution in [0.4, 0.5) is 34.5 Å². The average Bonchev–Trinajstić information content (AvgIpc) is 2.74. The van der Waals surface area contributed by atoms with Gasteiger partial charge in [0.2, 0.25) is 5.95 Å². The largest absolute Gasteiger partial charge is 0.354 e. The molecule has 0 aliphatic carbocycles. The van der Waals surface area contributed by atoms with Crippen molar-refractivity contribution in [2.24, 2.45) is 0 Å². The highest BCUT2D eigenvalue weighted by Crippen LogP contribution is 2.32. The van der Waals surface area contributed by atoms with E-state index in [1.165, 1.54) is 19.1 Å². The minimum absolute atomic E-state index is 0.156. The quantitative estimate of drug-likeness (QED) is 0.296. The Labute approximate surface area is 194 Å². The lowest BCUT2D eigenvalue weighted by Crippen LogP contribution is -2.14. The molecule has 3 N–H and O–H groups in total. The second-order valence-electron chi connectivity index (χ2n) is 7.16. The van der Waals surface area contributed by atoms with Crippen LogP contribution in [-0.2, 0) is 10.0 Å². The van der Waals surface area contributed by atoms with E-state index in [-0.39, 0.29) is 11.3 Å². The van der Waals surface area contributed by atoms with Crippen molar-refractivity contribution in [2.75, 3.05) is 21.9 Å². The van der Waals surface area contributed by atoms with Gasteiger partial charge in [0.15, 0.2) is 0 Å². The minimum Gasteiger partial charge on any atom is -0.354 e. The number of nitrogens with zero attached hydrogens (tertiary/aromatic N) is 4. The fraction of sp³-hybridized carbons (Fsp3) is 0.200. The van der Waals surface area contributed by atoms with Gasteiger partial charge in [-0.05, 0) is 45.0 Å². The summed E-state index contributed by atoms with van der Waals surface area (Å²) < 4.78 is 27.8. The summed E-state index contributed by atoms with van der Waals surface area (Å²) in [5.74, 6) is 1.01. The molecule has 0 atom stereocenters. The number of sulfonamides is 1. The molecule has 0 bridgehead atoms. The molecule has 2 aromatic carbocycles. The fourth-order valence-electron chi connectivity index (χ4n) is 3.05. The molecule has 178 valence electrons. The van der Waals surface area contributed by atoms with Crippen molar-refractivity contribution >= 4 is 44.5 Å². The third-order valence-corrected chi connectivity index (χ3v) is 5.99. The van der Waals surface area contributed by atoms with E-state index in [9.17, 15) is 28.6 Å². The molecule has 13 nitrogen and oxygen atoms in total. The molecular formula is C20H21N7O6S. The zero-order chi connectivity index (χ0) is 25.0. The number of nitro groups is 2. The summed E-state index contributed by atoms with van der Waals surface area (Å²) in [6, 6.07) is 9.46. The molecule has 0 amide bonds. The summed E-state index contributed by atoms with van der Waals surface area (Å²) in [5.41, 5.74) is -0.0353. The van der Waals surface area contributed by atoms with E-state index in [1.807, 2.05) is 13.8 Å². The van der Waals surface area contributed by atoms with E-state index in [1.54, 1.807) is 18.2 Å². The highest BCUT2D eigenvalue weighted by molar-refractivity contribution is 7.92. The summed E-state index contributed by atoms with van der Waals surface area (Å²) in [5, 5.41) is 28.6. The van der Waals surface area contributed by atoms with Crippen molar-refractivity contribution in [1.82, 2.24) is 9.97 Å². The smallest absolute Gasteiger partial charge is 0.280 e. The Morgan fingerprint density at radius 1 is 0.912 bits per heavy atom. The van der Waals surface area contributed by atoms with Crippen molar-refractivity contribution in [3.8, 4) is 0 Å². The highest BCUT2D eigenvalue weighted by Gasteiger charge is 2.28. The molecule has 34 heavy (non-hydrogen) atoms. The van der Waals surface area contributed by atoms with Crippen molar-refractivity contribution < 1.29 is 18.3 Å². The van der Waals surface area contributed by atoms with Crippen molar-refractivity contribution in [1.29, 1.82) is 0 Å². The summed E-state index contributed by atoms with van der Waals surface area (Å²) in [6.45, 7) is 5.59. The summed E-state index contributed by atoms with van der Waals surface area (Å²) in [4.78, 5) is 28.8. The molecule has 3 aromatic rings. The van der Waals surface area contributed by atoms with Crippen molar-refractivity contribution in [3.63, 3.8) is 0 Å². The van der Waals surface area contributed by atoms with E-state index < -0.39 is 36.1 Å². The van der Waals surface area contributed by atoms with Crippen LogP contribution < -0.4 is 15.4 Å². The lowest BCUT2D eigenvalue weighted by Gasteiger charge is -2.11. The fourth-order valence-corrected chi connectivity index (χ4v) is 4.14. The number of aryl methyl sites for hydroxylation is 1. The Kier molecular flexibility index (Phi) is 6.91. The Bertz CT molecular complexity index is 1330. The van der Waals surface area contributed by atoms with Crippen LogP contribution in [0.2, 0.25) is 0 Å². The molecule has 0 saturated carbocycles. The second-order valence-corrected chi connectivity index (χ2v) is 8.84. The summed E-state index contributed by atoms with van der Waals surface area (Å²) >= 11 is 0. The number of rotatable bonds is 9. The van der Waals surface area contributed by atoms with E-state index in [0.717, 1.165) is 17.8 Å². The topological polar surface area (TPSA) is 182 Å². The van der Waals surface area contributed by atoms with Crippen LogP contribution in [0, 0.1) is 34.1 Å². The zero-order valence-corrected chi connectivity index (χ0v) is 19.2. The molecule has 0 saturated heterocycles. The Morgan fingerprint density at radius 3 is 2.00 bits per heavy atom. The van der Waals surface area contributed by atoms with Crippen LogP contribution in [0.5, 0.6) is 0 Å². The first-order chi connectivity index (χ1) is 16.0. The number of hydrogen-bond acceptors (Lipinski definition) is 10. The number of nitrogens with one attached hydrogen (secondary N) is 3. The predicted octanol–water partition coefficient (Wildman–Crippen LogP) is 3.89. The second kappa shape index (κ2) is 9.66. The Hall–Kier alpha value is -4.33. The van der Waals surface area contributed by atoms with Gasteiger partial charge in [0, 0.05) is 41.8 Å². The molecule has 3 rings (SSSR count). The van der Waals surface area contributed by atoms with Gasteiger partial charge in [0.05, 0.1) is 9.85 Å². The number of benzene rings is 2.